The van der Waals surface area contributed by atoms with Gasteiger partial charge in [0.15, 0.2) is 0 Å². The Morgan fingerprint density at radius 1 is 1.38 bits per heavy atom. The third kappa shape index (κ3) is 9.26. The Balaban J connectivity index is 3.19. The van der Waals surface area contributed by atoms with Crippen molar-refractivity contribution in [1.29, 1.82) is 0 Å². The van der Waals surface area contributed by atoms with Gasteiger partial charge in [-0.05, 0) is 7.05 Å². The van der Waals surface area contributed by atoms with E-state index in [0.717, 1.165) is 13.1 Å². The monoisotopic (exact) mass is 190 g/mol. The van der Waals surface area contributed by atoms with Gasteiger partial charge in [0.2, 0.25) is 0 Å². The second kappa shape index (κ2) is 7.97. The van der Waals surface area contributed by atoms with Crippen LogP contribution in [0.15, 0.2) is 0 Å². The first-order valence-corrected chi connectivity index (χ1v) is 4.38. The molecule has 0 amide bonds. The number of rotatable bonds is 8. The summed E-state index contributed by atoms with van der Waals surface area (Å²) in [5.41, 5.74) is 0. The Morgan fingerprint density at radius 2 is 2.08 bits per heavy atom. The Labute approximate surface area is 78.4 Å². The molecule has 0 bridgehead atoms. The van der Waals surface area contributed by atoms with Crippen LogP contribution in [0.2, 0.25) is 0 Å². The zero-order valence-corrected chi connectivity index (χ0v) is 7.99. The smallest absolute Gasteiger partial charge is 0.304 e. The van der Waals surface area contributed by atoms with Gasteiger partial charge in [0, 0.05) is 26.2 Å². The SMILES string of the molecule is CN(CCNCCO)CCC(=O)O. The van der Waals surface area contributed by atoms with Crippen LogP contribution in [0.1, 0.15) is 6.42 Å². The number of nitrogens with zero attached hydrogens (tertiary/aromatic N) is 1. The molecule has 0 aromatic heterocycles. The van der Waals surface area contributed by atoms with Crippen molar-refractivity contribution in [2.75, 3.05) is 39.8 Å². The molecule has 0 aliphatic rings. The highest BCUT2D eigenvalue weighted by molar-refractivity contribution is 5.66. The highest BCUT2D eigenvalue weighted by Gasteiger charge is 2.01. The van der Waals surface area contributed by atoms with Crippen LogP contribution in [0, 0.1) is 0 Å². The summed E-state index contributed by atoms with van der Waals surface area (Å²) in [7, 11) is 1.88. The second-order valence-electron chi connectivity index (χ2n) is 2.92. The molecule has 0 radical (unpaired) electrons. The predicted octanol–water partition coefficient (Wildman–Crippen LogP) is -1.03. The van der Waals surface area contributed by atoms with Gasteiger partial charge in [-0.3, -0.25) is 4.79 Å². The fraction of sp³-hybridized carbons (Fsp3) is 0.875. The minimum absolute atomic E-state index is 0.138. The van der Waals surface area contributed by atoms with E-state index in [1.807, 2.05) is 11.9 Å². The van der Waals surface area contributed by atoms with Crippen LogP contribution in [0.5, 0.6) is 0 Å². The van der Waals surface area contributed by atoms with Crippen molar-refractivity contribution in [2.24, 2.45) is 0 Å². The molecular weight excluding hydrogens is 172 g/mol. The molecule has 0 atom stereocenters. The maximum absolute atomic E-state index is 10.2. The van der Waals surface area contributed by atoms with Crippen molar-refractivity contribution >= 4 is 5.97 Å². The summed E-state index contributed by atoms with van der Waals surface area (Å²) in [6.45, 7) is 2.87. The number of likely N-dealkylation sites (N-methyl/N-ethyl adjacent to an activating group) is 1. The average Bonchev–Trinajstić information content (AvgIpc) is 2.09. The van der Waals surface area contributed by atoms with E-state index in [0.29, 0.717) is 13.1 Å². The molecule has 0 unspecified atom stereocenters. The topological polar surface area (TPSA) is 72.8 Å². The molecule has 0 saturated carbocycles. The summed E-state index contributed by atoms with van der Waals surface area (Å²) >= 11 is 0. The molecule has 5 nitrogen and oxygen atoms in total. The van der Waals surface area contributed by atoms with Gasteiger partial charge in [0.25, 0.3) is 0 Å². The summed E-state index contributed by atoms with van der Waals surface area (Å²) < 4.78 is 0. The van der Waals surface area contributed by atoms with Gasteiger partial charge in [-0.25, -0.2) is 0 Å². The molecule has 3 N–H and O–H groups in total. The number of carboxylic acids is 1. The van der Waals surface area contributed by atoms with Crippen molar-refractivity contribution in [1.82, 2.24) is 10.2 Å². The van der Waals surface area contributed by atoms with Gasteiger partial charge < -0.3 is 20.4 Å². The highest BCUT2D eigenvalue weighted by atomic mass is 16.4. The number of aliphatic carboxylic acids is 1. The number of aliphatic hydroxyl groups excluding tert-OH is 1. The number of hydrogen-bond acceptors (Lipinski definition) is 4. The third-order valence-corrected chi connectivity index (χ3v) is 1.67. The van der Waals surface area contributed by atoms with E-state index in [1.165, 1.54) is 0 Å². The molecule has 0 heterocycles. The lowest BCUT2D eigenvalue weighted by atomic mass is 10.4. The predicted molar refractivity (Wildman–Crippen MR) is 49.7 cm³/mol. The van der Waals surface area contributed by atoms with E-state index >= 15 is 0 Å². The summed E-state index contributed by atoms with van der Waals surface area (Å²) in [5.74, 6) is -0.768. The standard InChI is InChI=1S/C8H18N2O3/c1-10(5-2-8(12)13)6-3-9-4-7-11/h9,11H,2-7H2,1H3,(H,12,13). The molecule has 0 aromatic rings. The lowest BCUT2D eigenvalue weighted by molar-refractivity contribution is -0.137. The first-order valence-electron chi connectivity index (χ1n) is 4.38. The molecule has 78 valence electrons. The molecule has 0 fully saturated rings. The Bertz CT molecular complexity index is 141. The van der Waals surface area contributed by atoms with Crippen molar-refractivity contribution < 1.29 is 15.0 Å². The van der Waals surface area contributed by atoms with E-state index in [9.17, 15) is 4.79 Å². The number of hydrogen-bond donors (Lipinski definition) is 3. The normalized spacial score (nSPS) is 10.7. The second-order valence-corrected chi connectivity index (χ2v) is 2.92. The van der Waals surface area contributed by atoms with Gasteiger partial charge in [0.1, 0.15) is 0 Å². The van der Waals surface area contributed by atoms with Crippen molar-refractivity contribution in [3.8, 4) is 0 Å². The van der Waals surface area contributed by atoms with Crippen molar-refractivity contribution in [2.45, 2.75) is 6.42 Å². The zero-order valence-electron chi connectivity index (χ0n) is 7.99. The van der Waals surface area contributed by atoms with Gasteiger partial charge >= 0.3 is 5.97 Å². The summed E-state index contributed by atoms with van der Waals surface area (Å²) in [4.78, 5) is 12.1. The molecule has 0 aliphatic heterocycles. The molecule has 13 heavy (non-hydrogen) atoms. The largest absolute Gasteiger partial charge is 0.481 e. The van der Waals surface area contributed by atoms with Crippen LogP contribution >= 0.6 is 0 Å². The zero-order chi connectivity index (χ0) is 10.1. The van der Waals surface area contributed by atoms with Crippen LogP contribution in [0.25, 0.3) is 0 Å². The van der Waals surface area contributed by atoms with E-state index in [2.05, 4.69) is 5.32 Å². The fourth-order valence-electron chi connectivity index (χ4n) is 0.872. The van der Waals surface area contributed by atoms with Crippen LogP contribution < -0.4 is 5.32 Å². The van der Waals surface area contributed by atoms with Crippen molar-refractivity contribution in [3.63, 3.8) is 0 Å². The number of aliphatic hydroxyl groups is 1. The van der Waals surface area contributed by atoms with Gasteiger partial charge in [-0.1, -0.05) is 0 Å². The molecule has 0 aliphatic carbocycles. The first kappa shape index (κ1) is 12.3. The first-order chi connectivity index (χ1) is 6.16. The molecule has 0 rings (SSSR count). The average molecular weight is 190 g/mol. The van der Waals surface area contributed by atoms with Crippen LogP contribution in [-0.4, -0.2) is 60.9 Å². The number of nitrogens with one attached hydrogen (secondary N) is 1. The summed E-state index contributed by atoms with van der Waals surface area (Å²) in [6, 6.07) is 0. The quantitative estimate of drug-likeness (QED) is 0.427. The van der Waals surface area contributed by atoms with Gasteiger partial charge in [-0.15, -0.1) is 0 Å². The lowest BCUT2D eigenvalue weighted by Crippen LogP contribution is -2.31. The van der Waals surface area contributed by atoms with E-state index < -0.39 is 5.97 Å². The maximum Gasteiger partial charge on any atom is 0.304 e. The summed E-state index contributed by atoms with van der Waals surface area (Å²) in [5, 5.41) is 19.9. The Morgan fingerprint density at radius 3 is 2.62 bits per heavy atom. The highest BCUT2D eigenvalue weighted by Crippen LogP contribution is 1.85. The fourth-order valence-corrected chi connectivity index (χ4v) is 0.872. The molecule has 0 aromatic carbocycles. The van der Waals surface area contributed by atoms with Crippen LogP contribution in [0.3, 0.4) is 0 Å². The number of carboxylic acid groups (broad SMARTS) is 1. The van der Waals surface area contributed by atoms with Crippen LogP contribution in [0.4, 0.5) is 0 Å². The van der Waals surface area contributed by atoms with Crippen LogP contribution in [-0.2, 0) is 4.79 Å². The lowest BCUT2D eigenvalue weighted by Gasteiger charge is -2.15. The van der Waals surface area contributed by atoms with Crippen molar-refractivity contribution in [3.05, 3.63) is 0 Å². The minimum atomic E-state index is -0.768. The Hall–Kier alpha value is -0.650. The third-order valence-electron chi connectivity index (χ3n) is 1.67. The molecule has 0 spiro atoms. The van der Waals surface area contributed by atoms with E-state index in [-0.39, 0.29) is 13.0 Å². The van der Waals surface area contributed by atoms with E-state index in [4.69, 9.17) is 10.2 Å². The molecular formula is C8H18N2O3. The molecule has 5 heteroatoms. The minimum Gasteiger partial charge on any atom is -0.481 e. The maximum atomic E-state index is 10.2. The number of carbonyl (C=O) groups is 1. The van der Waals surface area contributed by atoms with Gasteiger partial charge in [0.05, 0.1) is 13.0 Å². The van der Waals surface area contributed by atoms with E-state index in [1.54, 1.807) is 0 Å². The summed E-state index contributed by atoms with van der Waals surface area (Å²) in [6.07, 6.45) is 0.177. The molecule has 0 saturated heterocycles. The van der Waals surface area contributed by atoms with Gasteiger partial charge in [-0.2, -0.15) is 0 Å². The Kier molecular flexibility index (Phi) is 7.57.